The number of morpholine rings is 1. The molecule has 0 aromatic carbocycles. The van der Waals surface area contributed by atoms with Crippen LogP contribution in [-0.2, 0) is 9.53 Å². The third kappa shape index (κ3) is 3.84. The van der Waals surface area contributed by atoms with E-state index in [-0.39, 0.29) is 24.4 Å². The van der Waals surface area contributed by atoms with Gasteiger partial charge >= 0.3 is 0 Å². The van der Waals surface area contributed by atoms with Crippen molar-refractivity contribution in [1.82, 2.24) is 10.6 Å². The molecule has 0 bridgehead atoms. The summed E-state index contributed by atoms with van der Waals surface area (Å²) in [5, 5.41) is 6.50. The molecule has 1 atom stereocenters. The van der Waals surface area contributed by atoms with Gasteiger partial charge in [-0.1, -0.05) is 0 Å². The molecule has 3 aliphatic rings. The molecule has 1 heterocycles. The minimum absolute atomic E-state index is 0. The summed E-state index contributed by atoms with van der Waals surface area (Å²) in [5.74, 6) is 1.73. The number of hydrogen-bond acceptors (Lipinski definition) is 3. The van der Waals surface area contributed by atoms with Crippen molar-refractivity contribution in [2.24, 2.45) is 11.8 Å². The Balaban J connectivity index is 0.00000120. The molecule has 1 unspecified atom stereocenters. The Bertz CT molecular complexity index is 275. The van der Waals surface area contributed by atoms with Crippen LogP contribution in [0, 0.1) is 11.8 Å². The fourth-order valence-corrected chi connectivity index (χ4v) is 2.73. The van der Waals surface area contributed by atoms with Crippen LogP contribution in [0.2, 0.25) is 0 Å². The highest BCUT2D eigenvalue weighted by Gasteiger charge is 2.42. The molecular formula is C13H23ClN2O2. The van der Waals surface area contributed by atoms with E-state index < -0.39 is 0 Å². The van der Waals surface area contributed by atoms with Crippen LogP contribution in [0.3, 0.4) is 0 Å². The first-order chi connectivity index (χ1) is 8.33. The van der Waals surface area contributed by atoms with Crippen LogP contribution in [0.4, 0.5) is 0 Å². The van der Waals surface area contributed by atoms with Crippen molar-refractivity contribution in [3.63, 3.8) is 0 Å². The largest absolute Gasteiger partial charge is 0.375 e. The molecule has 1 amide bonds. The molecule has 5 heteroatoms. The van der Waals surface area contributed by atoms with Gasteiger partial charge in [-0.15, -0.1) is 12.4 Å². The first kappa shape index (κ1) is 14.1. The number of rotatable bonds is 5. The van der Waals surface area contributed by atoms with Crippen molar-refractivity contribution < 1.29 is 9.53 Å². The van der Waals surface area contributed by atoms with Crippen LogP contribution >= 0.6 is 12.4 Å². The van der Waals surface area contributed by atoms with E-state index in [0.717, 1.165) is 31.5 Å². The number of halogens is 1. The Morgan fingerprint density at radius 3 is 2.44 bits per heavy atom. The normalized spacial score (nSPS) is 27.7. The molecule has 0 spiro atoms. The van der Waals surface area contributed by atoms with Crippen LogP contribution < -0.4 is 10.6 Å². The Morgan fingerprint density at radius 2 is 1.94 bits per heavy atom. The van der Waals surface area contributed by atoms with Gasteiger partial charge in [0.1, 0.15) is 0 Å². The zero-order valence-electron chi connectivity index (χ0n) is 10.7. The molecular weight excluding hydrogens is 252 g/mol. The molecule has 2 saturated carbocycles. The van der Waals surface area contributed by atoms with Crippen LogP contribution in [-0.4, -0.2) is 37.7 Å². The lowest BCUT2D eigenvalue weighted by Crippen LogP contribution is -2.44. The lowest BCUT2D eigenvalue weighted by molar-refractivity contribution is -0.125. The SMILES string of the molecule is Cl.O=C(CC1CNCCO1)NC(C1CC1)C1CC1. The fraction of sp³-hybridized carbons (Fsp3) is 0.923. The van der Waals surface area contributed by atoms with E-state index in [9.17, 15) is 4.79 Å². The Labute approximate surface area is 115 Å². The van der Waals surface area contributed by atoms with E-state index in [1.54, 1.807) is 0 Å². The van der Waals surface area contributed by atoms with Gasteiger partial charge in [-0.25, -0.2) is 0 Å². The van der Waals surface area contributed by atoms with E-state index >= 15 is 0 Å². The van der Waals surface area contributed by atoms with Gasteiger partial charge in [-0.05, 0) is 37.5 Å². The minimum Gasteiger partial charge on any atom is -0.375 e. The second-order valence-corrected chi connectivity index (χ2v) is 5.67. The van der Waals surface area contributed by atoms with Crippen molar-refractivity contribution in [2.75, 3.05) is 19.7 Å². The summed E-state index contributed by atoms with van der Waals surface area (Å²) >= 11 is 0. The third-order valence-electron chi connectivity index (χ3n) is 4.00. The second-order valence-electron chi connectivity index (χ2n) is 5.67. The average Bonchev–Trinajstić information content (AvgIpc) is 3.19. The van der Waals surface area contributed by atoms with Gasteiger partial charge in [-0.2, -0.15) is 0 Å². The Hall–Kier alpha value is -0.320. The zero-order chi connectivity index (χ0) is 11.7. The van der Waals surface area contributed by atoms with E-state index in [2.05, 4.69) is 10.6 Å². The van der Waals surface area contributed by atoms with Gasteiger partial charge in [0.2, 0.25) is 5.91 Å². The highest BCUT2D eigenvalue weighted by Crippen LogP contribution is 2.44. The van der Waals surface area contributed by atoms with Gasteiger partial charge in [0.05, 0.1) is 19.1 Å². The molecule has 0 radical (unpaired) electrons. The number of ether oxygens (including phenoxy) is 1. The highest BCUT2D eigenvalue weighted by molar-refractivity contribution is 5.85. The highest BCUT2D eigenvalue weighted by atomic mass is 35.5. The zero-order valence-corrected chi connectivity index (χ0v) is 11.5. The smallest absolute Gasteiger partial charge is 0.222 e. The predicted octanol–water partition coefficient (Wildman–Crippen LogP) is 1.09. The first-order valence-electron chi connectivity index (χ1n) is 6.94. The van der Waals surface area contributed by atoms with Crippen molar-refractivity contribution in [3.8, 4) is 0 Å². The van der Waals surface area contributed by atoms with E-state index in [4.69, 9.17) is 4.74 Å². The maximum atomic E-state index is 12.0. The summed E-state index contributed by atoms with van der Waals surface area (Å²) in [5.41, 5.74) is 0. The quantitative estimate of drug-likeness (QED) is 0.789. The average molecular weight is 275 g/mol. The number of carbonyl (C=O) groups excluding carboxylic acids is 1. The van der Waals surface area contributed by atoms with Crippen LogP contribution in [0.1, 0.15) is 32.1 Å². The van der Waals surface area contributed by atoms with E-state index in [1.807, 2.05) is 0 Å². The number of carbonyl (C=O) groups is 1. The minimum atomic E-state index is 0. The maximum Gasteiger partial charge on any atom is 0.222 e. The first-order valence-corrected chi connectivity index (χ1v) is 6.94. The molecule has 18 heavy (non-hydrogen) atoms. The Kier molecular flexibility index (Phi) is 4.87. The van der Waals surface area contributed by atoms with Crippen molar-refractivity contribution >= 4 is 18.3 Å². The molecule has 1 saturated heterocycles. The van der Waals surface area contributed by atoms with Gasteiger partial charge in [-0.3, -0.25) is 4.79 Å². The molecule has 0 aromatic rings. The summed E-state index contributed by atoms with van der Waals surface area (Å²) < 4.78 is 5.56. The third-order valence-corrected chi connectivity index (χ3v) is 4.00. The second kappa shape index (κ2) is 6.22. The van der Waals surface area contributed by atoms with E-state index in [1.165, 1.54) is 25.7 Å². The summed E-state index contributed by atoms with van der Waals surface area (Å²) in [4.78, 5) is 12.0. The van der Waals surface area contributed by atoms with Gasteiger partial charge in [0, 0.05) is 19.1 Å². The van der Waals surface area contributed by atoms with E-state index in [0.29, 0.717) is 12.5 Å². The van der Waals surface area contributed by atoms with Gasteiger partial charge in [0.15, 0.2) is 0 Å². The Morgan fingerprint density at radius 1 is 1.28 bits per heavy atom. The molecule has 2 aliphatic carbocycles. The number of amides is 1. The van der Waals surface area contributed by atoms with Crippen molar-refractivity contribution in [1.29, 1.82) is 0 Å². The molecule has 2 N–H and O–H groups in total. The molecule has 4 nitrogen and oxygen atoms in total. The van der Waals surface area contributed by atoms with Crippen LogP contribution in [0.25, 0.3) is 0 Å². The lowest BCUT2D eigenvalue weighted by atomic mass is 10.1. The molecule has 1 aliphatic heterocycles. The van der Waals surface area contributed by atoms with Crippen molar-refractivity contribution in [2.45, 2.75) is 44.2 Å². The van der Waals surface area contributed by atoms with Crippen LogP contribution in [0.15, 0.2) is 0 Å². The number of nitrogens with one attached hydrogen (secondary N) is 2. The summed E-state index contributed by atoms with van der Waals surface area (Å²) in [7, 11) is 0. The van der Waals surface area contributed by atoms with Gasteiger partial charge in [0.25, 0.3) is 0 Å². The summed E-state index contributed by atoms with van der Waals surface area (Å²) in [6, 6.07) is 0.471. The monoisotopic (exact) mass is 274 g/mol. The molecule has 3 fully saturated rings. The molecule has 3 rings (SSSR count). The summed E-state index contributed by atoms with van der Waals surface area (Å²) in [6.07, 6.45) is 5.82. The predicted molar refractivity (Wildman–Crippen MR) is 71.9 cm³/mol. The molecule has 104 valence electrons. The fourth-order valence-electron chi connectivity index (χ4n) is 2.73. The van der Waals surface area contributed by atoms with Crippen molar-refractivity contribution in [3.05, 3.63) is 0 Å². The maximum absolute atomic E-state index is 12.0. The lowest BCUT2D eigenvalue weighted by Gasteiger charge is -2.24. The van der Waals surface area contributed by atoms with Crippen LogP contribution in [0.5, 0.6) is 0 Å². The molecule has 0 aromatic heterocycles. The summed E-state index contributed by atoms with van der Waals surface area (Å²) in [6.45, 7) is 2.45. The van der Waals surface area contributed by atoms with Gasteiger partial charge < -0.3 is 15.4 Å². The number of hydrogen-bond donors (Lipinski definition) is 2. The standard InChI is InChI=1S/C13H22N2O2.ClH/c16-12(7-11-8-14-5-6-17-11)15-13(9-1-2-9)10-3-4-10;/h9-11,13-14H,1-8H2,(H,15,16);1H. The topological polar surface area (TPSA) is 50.4 Å².